The minimum absolute atomic E-state index is 0.0189. The van der Waals surface area contributed by atoms with E-state index in [9.17, 15) is 9.90 Å². The van der Waals surface area contributed by atoms with Crippen molar-refractivity contribution < 1.29 is 9.90 Å². The van der Waals surface area contributed by atoms with Gasteiger partial charge in [-0.15, -0.1) is 0 Å². The molecule has 0 aliphatic carbocycles. The highest BCUT2D eigenvalue weighted by Gasteiger charge is 2.19. The number of anilines is 1. The third kappa shape index (κ3) is 3.09. The third-order valence-corrected chi connectivity index (χ3v) is 5.35. The fourth-order valence-electron chi connectivity index (χ4n) is 2.72. The normalized spacial score (nSPS) is 11.0. The van der Waals surface area contributed by atoms with Crippen LogP contribution in [0.25, 0.3) is 21.3 Å². The van der Waals surface area contributed by atoms with Gasteiger partial charge in [0.15, 0.2) is 5.13 Å². The average molecular weight is 361 g/mol. The molecule has 24 heavy (non-hydrogen) atoms. The first kappa shape index (κ1) is 16.7. The quantitative estimate of drug-likeness (QED) is 0.737. The maximum atomic E-state index is 11.4. The number of fused-ring (bicyclic) bond motifs is 1. The molecule has 2 aromatic carbocycles. The van der Waals surface area contributed by atoms with Gasteiger partial charge >= 0.3 is 5.97 Å². The zero-order valence-corrected chi connectivity index (χ0v) is 15.2. The van der Waals surface area contributed by atoms with Gasteiger partial charge in [-0.1, -0.05) is 35.1 Å². The van der Waals surface area contributed by atoms with Gasteiger partial charge in [0.05, 0.1) is 16.6 Å². The van der Waals surface area contributed by atoms with E-state index >= 15 is 0 Å². The van der Waals surface area contributed by atoms with Gasteiger partial charge in [0.1, 0.15) is 0 Å². The lowest BCUT2D eigenvalue weighted by atomic mass is 9.93. The second kappa shape index (κ2) is 6.42. The standard InChI is InChI=1S/C18H17ClN2O2S/c1-10-8-14-17(24-18(20-14)21(2)3)16(13(10)9-15(22)23)11-4-6-12(19)7-5-11/h4-8H,9H2,1-3H3,(H,22,23). The first-order chi connectivity index (χ1) is 11.4. The fraction of sp³-hybridized carbons (Fsp3) is 0.222. The number of hydrogen-bond donors (Lipinski definition) is 1. The van der Waals surface area contributed by atoms with E-state index in [0.717, 1.165) is 37.6 Å². The zero-order chi connectivity index (χ0) is 17.4. The van der Waals surface area contributed by atoms with Gasteiger partial charge < -0.3 is 10.0 Å². The number of aromatic nitrogens is 1. The summed E-state index contributed by atoms with van der Waals surface area (Å²) >= 11 is 7.58. The van der Waals surface area contributed by atoms with Crippen LogP contribution in [-0.4, -0.2) is 30.2 Å². The number of carboxylic acids is 1. The van der Waals surface area contributed by atoms with Crippen molar-refractivity contribution in [2.24, 2.45) is 0 Å². The second-order valence-electron chi connectivity index (χ2n) is 5.86. The van der Waals surface area contributed by atoms with Crippen molar-refractivity contribution in [1.29, 1.82) is 0 Å². The van der Waals surface area contributed by atoms with Crippen molar-refractivity contribution >= 4 is 44.3 Å². The third-order valence-electron chi connectivity index (χ3n) is 3.84. The molecule has 3 rings (SSSR count). The van der Waals surface area contributed by atoms with E-state index in [0.29, 0.717) is 5.02 Å². The summed E-state index contributed by atoms with van der Waals surface area (Å²) in [6, 6.07) is 9.47. The number of carbonyl (C=O) groups is 1. The lowest BCUT2D eigenvalue weighted by Crippen LogP contribution is -2.07. The van der Waals surface area contributed by atoms with Gasteiger partial charge in [0, 0.05) is 24.7 Å². The van der Waals surface area contributed by atoms with Crippen LogP contribution in [0.4, 0.5) is 5.13 Å². The van der Waals surface area contributed by atoms with Crippen LogP contribution in [0.5, 0.6) is 0 Å². The second-order valence-corrected chi connectivity index (χ2v) is 7.28. The molecular weight excluding hydrogens is 344 g/mol. The molecule has 0 saturated carbocycles. The van der Waals surface area contributed by atoms with E-state index in [1.54, 1.807) is 11.3 Å². The van der Waals surface area contributed by atoms with Gasteiger partial charge in [-0.3, -0.25) is 4.79 Å². The Morgan fingerprint density at radius 3 is 2.54 bits per heavy atom. The highest BCUT2D eigenvalue weighted by Crippen LogP contribution is 2.40. The van der Waals surface area contributed by atoms with Crippen molar-refractivity contribution in [2.45, 2.75) is 13.3 Å². The molecule has 0 bridgehead atoms. The molecule has 3 aromatic rings. The van der Waals surface area contributed by atoms with E-state index in [-0.39, 0.29) is 6.42 Å². The van der Waals surface area contributed by atoms with Crippen LogP contribution in [0.3, 0.4) is 0 Å². The van der Waals surface area contributed by atoms with Gasteiger partial charge in [0.25, 0.3) is 0 Å². The first-order valence-corrected chi connectivity index (χ1v) is 8.64. The van der Waals surface area contributed by atoms with Crippen molar-refractivity contribution in [2.75, 3.05) is 19.0 Å². The molecule has 0 saturated heterocycles. The maximum absolute atomic E-state index is 11.4. The van der Waals surface area contributed by atoms with E-state index < -0.39 is 5.97 Å². The van der Waals surface area contributed by atoms with Crippen LogP contribution in [-0.2, 0) is 11.2 Å². The Morgan fingerprint density at radius 1 is 1.29 bits per heavy atom. The summed E-state index contributed by atoms with van der Waals surface area (Å²) < 4.78 is 1.00. The zero-order valence-electron chi connectivity index (χ0n) is 13.6. The largest absolute Gasteiger partial charge is 0.481 e. The van der Waals surface area contributed by atoms with Crippen LogP contribution < -0.4 is 4.90 Å². The van der Waals surface area contributed by atoms with Crippen molar-refractivity contribution in [3.8, 4) is 11.1 Å². The molecular formula is C18H17ClN2O2S. The highest BCUT2D eigenvalue weighted by molar-refractivity contribution is 7.22. The molecule has 0 fully saturated rings. The van der Waals surface area contributed by atoms with Crippen LogP contribution in [0.15, 0.2) is 30.3 Å². The molecule has 0 aliphatic rings. The van der Waals surface area contributed by atoms with Gasteiger partial charge in [-0.25, -0.2) is 4.98 Å². The Morgan fingerprint density at radius 2 is 1.96 bits per heavy atom. The summed E-state index contributed by atoms with van der Waals surface area (Å²) in [6.07, 6.45) is -0.0189. The molecule has 0 unspecified atom stereocenters. The summed E-state index contributed by atoms with van der Waals surface area (Å²) in [5.74, 6) is -0.843. The molecule has 1 heterocycles. The molecule has 1 aromatic heterocycles. The molecule has 0 radical (unpaired) electrons. The van der Waals surface area contributed by atoms with Crippen molar-refractivity contribution in [3.63, 3.8) is 0 Å². The molecule has 0 amide bonds. The number of aryl methyl sites for hydroxylation is 1. The number of aliphatic carboxylic acids is 1. The Kier molecular flexibility index (Phi) is 4.47. The monoisotopic (exact) mass is 360 g/mol. The summed E-state index contributed by atoms with van der Waals surface area (Å²) in [6.45, 7) is 1.94. The number of thiazole rings is 1. The lowest BCUT2D eigenvalue weighted by molar-refractivity contribution is -0.136. The molecule has 6 heteroatoms. The average Bonchev–Trinajstić information content (AvgIpc) is 2.92. The Hall–Kier alpha value is -2.11. The fourth-order valence-corrected chi connectivity index (χ4v) is 3.90. The number of hydrogen-bond acceptors (Lipinski definition) is 4. The number of rotatable bonds is 4. The smallest absolute Gasteiger partial charge is 0.307 e. The SMILES string of the molecule is Cc1cc2nc(N(C)C)sc2c(-c2ccc(Cl)cc2)c1CC(=O)O. The predicted octanol–water partition coefficient (Wildman–Crippen LogP) is 4.62. The van der Waals surface area contributed by atoms with Crippen LogP contribution in [0, 0.1) is 6.92 Å². The van der Waals surface area contributed by atoms with E-state index in [4.69, 9.17) is 11.6 Å². The lowest BCUT2D eigenvalue weighted by Gasteiger charge is -2.13. The summed E-state index contributed by atoms with van der Waals surface area (Å²) in [4.78, 5) is 18.0. The highest BCUT2D eigenvalue weighted by atomic mass is 35.5. The number of halogens is 1. The predicted molar refractivity (Wildman–Crippen MR) is 100 cm³/mol. The number of carboxylic acid groups (broad SMARTS) is 1. The van der Waals surface area contributed by atoms with Crippen LogP contribution >= 0.6 is 22.9 Å². The van der Waals surface area contributed by atoms with Crippen LogP contribution in [0.2, 0.25) is 5.02 Å². The maximum Gasteiger partial charge on any atom is 0.307 e. The molecule has 0 atom stereocenters. The molecule has 4 nitrogen and oxygen atoms in total. The van der Waals surface area contributed by atoms with Gasteiger partial charge in [-0.05, 0) is 41.8 Å². The molecule has 124 valence electrons. The summed E-state index contributed by atoms with van der Waals surface area (Å²) in [5.41, 5.74) is 4.55. The van der Waals surface area contributed by atoms with Crippen molar-refractivity contribution in [1.82, 2.24) is 4.98 Å². The molecule has 1 N–H and O–H groups in total. The van der Waals surface area contributed by atoms with Gasteiger partial charge in [0.2, 0.25) is 0 Å². The Bertz CT molecular complexity index is 917. The van der Waals surface area contributed by atoms with E-state index in [1.165, 1.54) is 0 Å². The summed E-state index contributed by atoms with van der Waals surface area (Å²) in [5, 5.41) is 10.9. The summed E-state index contributed by atoms with van der Waals surface area (Å²) in [7, 11) is 3.90. The van der Waals surface area contributed by atoms with Crippen molar-refractivity contribution in [3.05, 3.63) is 46.5 Å². The van der Waals surface area contributed by atoms with Gasteiger partial charge in [-0.2, -0.15) is 0 Å². The van der Waals surface area contributed by atoms with E-state index in [1.807, 2.05) is 56.3 Å². The topological polar surface area (TPSA) is 53.4 Å². The van der Waals surface area contributed by atoms with E-state index in [2.05, 4.69) is 4.98 Å². The molecule has 0 aliphatic heterocycles. The first-order valence-electron chi connectivity index (χ1n) is 7.45. The molecule has 0 spiro atoms. The Balaban J connectivity index is 2.35. The minimum Gasteiger partial charge on any atom is -0.481 e. The number of nitrogens with zero attached hydrogens (tertiary/aromatic N) is 2. The van der Waals surface area contributed by atoms with Crippen LogP contribution in [0.1, 0.15) is 11.1 Å². The number of benzene rings is 2. The Labute approximate surface area is 149 Å². The minimum atomic E-state index is -0.843.